The first kappa shape index (κ1) is 26.0. The maximum atomic E-state index is 11.4. The molecule has 0 saturated carbocycles. The Morgan fingerprint density at radius 2 is 1.89 bits per heavy atom. The largest absolute Gasteiger partial charge is 0.481 e. The standard InChI is InChI=1S/C14H11Cl2NO2.C8H11N5O3/c15-10-5-3-6-11(16)14(10)17-12-7-2-1-4-9(12)8-13(18)19;9-8-11-6-5(7(15)12-8)10-3-13(6)4-16-2-1-14/h1-7,17H,8H2,(H,18,19);3,14H,1-2,4H2,(H3,9,11,12,15). The van der Waals surface area contributed by atoms with Crippen LogP contribution in [0.15, 0.2) is 53.6 Å². The number of rotatable bonds is 8. The molecular weight excluding hydrogens is 499 g/mol. The summed E-state index contributed by atoms with van der Waals surface area (Å²) in [5.74, 6) is -0.860. The number of nitrogens with one attached hydrogen (secondary N) is 2. The highest BCUT2D eigenvalue weighted by molar-refractivity contribution is 6.39. The van der Waals surface area contributed by atoms with Crippen molar-refractivity contribution in [2.24, 2.45) is 0 Å². The predicted molar refractivity (Wildman–Crippen MR) is 133 cm³/mol. The molecule has 0 unspecified atom stereocenters. The van der Waals surface area contributed by atoms with E-state index in [1.54, 1.807) is 36.4 Å². The van der Waals surface area contributed by atoms with E-state index in [1.807, 2.05) is 6.07 Å². The number of halogens is 2. The monoisotopic (exact) mass is 520 g/mol. The van der Waals surface area contributed by atoms with E-state index in [-0.39, 0.29) is 43.4 Å². The third-order valence-corrected chi connectivity index (χ3v) is 5.17. The number of carboxylic acid groups (broad SMARTS) is 1. The number of carboxylic acids is 1. The zero-order chi connectivity index (χ0) is 25.4. The number of hydrogen-bond donors (Lipinski definition) is 5. The number of imidazole rings is 1. The molecular formula is C22H22Cl2N6O5. The number of anilines is 3. The molecule has 13 heteroatoms. The van der Waals surface area contributed by atoms with Crippen LogP contribution in [-0.2, 0) is 22.7 Å². The third-order valence-electron chi connectivity index (χ3n) is 4.54. The number of aromatic amines is 1. The molecule has 0 saturated heterocycles. The van der Waals surface area contributed by atoms with Gasteiger partial charge in [-0.3, -0.25) is 19.1 Å². The SMILES string of the molecule is Nc1nc2c(ncn2COCCO)c(=O)[nH]1.O=C(O)Cc1ccccc1Nc1c(Cl)cccc1Cl. The molecule has 0 bridgehead atoms. The lowest BCUT2D eigenvalue weighted by atomic mass is 10.1. The van der Waals surface area contributed by atoms with Crippen molar-refractivity contribution >= 4 is 57.7 Å². The Bertz CT molecular complexity index is 1350. The summed E-state index contributed by atoms with van der Waals surface area (Å²) in [6, 6.07) is 12.3. The van der Waals surface area contributed by atoms with E-state index in [1.165, 1.54) is 10.9 Å². The van der Waals surface area contributed by atoms with Crippen molar-refractivity contribution in [2.75, 3.05) is 24.3 Å². The van der Waals surface area contributed by atoms with Crippen LogP contribution >= 0.6 is 23.2 Å². The van der Waals surface area contributed by atoms with Crippen molar-refractivity contribution in [2.45, 2.75) is 13.2 Å². The Morgan fingerprint density at radius 1 is 1.17 bits per heavy atom. The van der Waals surface area contributed by atoms with Gasteiger partial charge in [0, 0.05) is 5.69 Å². The fourth-order valence-corrected chi connectivity index (χ4v) is 3.50. The number of ether oxygens (including phenoxy) is 1. The highest BCUT2D eigenvalue weighted by atomic mass is 35.5. The molecule has 0 atom stereocenters. The first-order valence-electron chi connectivity index (χ1n) is 10.2. The minimum absolute atomic E-state index is 0.0291. The topological polar surface area (TPSA) is 168 Å². The number of nitrogen functional groups attached to an aromatic ring is 1. The predicted octanol–water partition coefficient (Wildman–Crippen LogP) is 3.03. The molecule has 0 fully saturated rings. The fourth-order valence-electron chi connectivity index (χ4n) is 3.00. The van der Waals surface area contributed by atoms with Crippen molar-refractivity contribution < 1.29 is 19.7 Å². The minimum atomic E-state index is -0.889. The summed E-state index contributed by atoms with van der Waals surface area (Å²) >= 11 is 12.1. The van der Waals surface area contributed by atoms with Gasteiger partial charge in [-0.25, -0.2) is 4.98 Å². The highest BCUT2D eigenvalue weighted by Crippen LogP contribution is 2.33. The van der Waals surface area contributed by atoms with Gasteiger partial charge in [-0.2, -0.15) is 4.98 Å². The normalized spacial score (nSPS) is 10.6. The molecule has 6 N–H and O–H groups in total. The molecule has 2 aromatic heterocycles. The number of nitrogens with two attached hydrogens (primary N) is 1. The molecule has 0 spiro atoms. The average Bonchev–Trinajstić information content (AvgIpc) is 3.21. The van der Waals surface area contributed by atoms with E-state index in [2.05, 4.69) is 20.3 Å². The minimum Gasteiger partial charge on any atom is -0.481 e. The van der Waals surface area contributed by atoms with Gasteiger partial charge in [0.25, 0.3) is 5.56 Å². The molecule has 0 aliphatic carbocycles. The van der Waals surface area contributed by atoms with E-state index in [4.69, 9.17) is 43.9 Å². The molecule has 0 aliphatic heterocycles. The molecule has 4 aromatic rings. The lowest BCUT2D eigenvalue weighted by Gasteiger charge is -2.13. The lowest BCUT2D eigenvalue weighted by molar-refractivity contribution is -0.136. The summed E-state index contributed by atoms with van der Waals surface area (Å²) in [6.07, 6.45) is 1.37. The maximum absolute atomic E-state index is 11.4. The van der Waals surface area contributed by atoms with Crippen LogP contribution in [0.25, 0.3) is 11.2 Å². The van der Waals surface area contributed by atoms with E-state index < -0.39 is 5.97 Å². The fraction of sp³-hybridized carbons (Fsp3) is 0.182. The molecule has 35 heavy (non-hydrogen) atoms. The lowest BCUT2D eigenvalue weighted by Crippen LogP contribution is -2.13. The number of nitrogens with zero attached hydrogens (tertiary/aromatic N) is 3. The first-order chi connectivity index (χ1) is 16.8. The number of H-pyrrole nitrogens is 1. The zero-order valence-corrected chi connectivity index (χ0v) is 19.8. The molecule has 184 valence electrons. The van der Waals surface area contributed by atoms with Crippen molar-refractivity contribution in [3.05, 3.63) is 74.8 Å². The second kappa shape index (κ2) is 12.2. The number of benzene rings is 2. The van der Waals surface area contributed by atoms with Gasteiger partial charge in [0.15, 0.2) is 11.2 Å². The third kappa shape index (κ3) is 6.93. The number of aliphatic carboxylic acids is 1. The van der Waals surface area contributed by atoms with Gasteiger partial charge in [0.05, 0.1) is 41.7 Å². The Labute approximate surface area is 209 Å². The number of para-hydroxylation sites is 2. The van der Waals surface area contributed by atoms with Crippen LogP contribution in [0.1, 0.15) is 5.56 Å². The van der Waals surface area contributed by atoms with Crippen molar-refractivity contribution in [3.8, 4) is 0 Å². The summed E-state index contributed by atoms with van der Waals surface area (Å²) in [7, 11) is 0. The average molecular weight is 521 g/mol. The van der Waals surface area contributed by atoms with Crippen LogP contribution in [0, 0.1) is 0 Å². The van der Waals surface area contributed by atoms with E-state index in [0.717, 1.165) is 0 Å². The molecule has 2 aromatic carbocycles. The van der Waals surface area contributed by atoms with Crippen LogP contribution in [-0.4, -0.2) is 48.9 Å². The van der Waals surface area contributed by atoms with Crippen LogP contribution in [0.5, 0.6) is 0 Å². The van der Waals surface area contributed by atoms with Crippen LogP contribution in [0.4, 0.5) is 17.3 Å². The number of fused-ring (bicyclic) bond motifs is 1. The van der Waals surface area contributed by atoms with Crippen LogP contribution in [0.2, 0.25) is 10.0 Å². The zero-order valence-electron chi connectivity index (χ0n) is 18.2. The van der Waals surface area contributed by atoms with Crippen LogP contribution < -0.4 is 16.6 Å². The Hall–Kier alpha value is -3.64. The molecule has 0 aliphatic rings. The summed E-state index contributed by atoms with van der Waals surface area (Å²) in [4.78, 5) is 32.4. The Kier molecular flexibility index (Phi) is 9.04. The van der Waals surface area contributed by atoms with Gasteiger partial charge in [0.2, 0.25) is 5.95 Å². The number of carbonyl (C=O) groups is 1. The number of aliphatic hydroxyl groups is 1. The Morgan fingerprint density at radius 3 is 2.57 bits per heavy atom. The van der Waals surface area contributed by atoms with Crippen molar-refractivity contribution in [1.29, 1.82) is 0 Å². The number of aliphatic hydroxyl groups excluding tert-OH is 1. The second-order valence-electron chi connectivity index (χ2n) is 7.05. The maximum Gasteiger partial charge on any atom is 0.307 e. The highest BCUT2D eigenvalue weighted by Gasteiger charge is 2.11. The smallest absolute Gasteiger partial charge is 0.307 e. The number of hydrogen-bond acceptors (Lipinski definition) is 8. The second-order valence-corrected chi connectivity index (χ2v) is 7.86. The molecule has 2 heterocycles. The van der Waals surface area contributed by atoms with Gasteiger partial charge < -0.3 is 26.0 Å². The van der Waals surface area contributed by atoms with Gasteiger partial charge in [-0.05, 0) is 23.8 Å². The summed E-state index contributed by atoms with van der Waals surface area (Å²) < 4.78 is 6.63. The Balaban J connectivity index is 0.000000198. The van der Waals surface area contributed by atoms with E-state index in [9.17, 15) is 9.59 Å². The first-order valence-corrected chi connectivity index (χ1v) is 11.0. The summed E-state index contributed by atoms with van der Waals surface area (Å²) in [5, 5.41) is 21.5. The molecule has 11 nitrogen and oxygen atoms in total. The molecule has 0 radical (unpaired) electrons. The van der Waals surface area contributed by atoms with Crippen LogP contribution in [0.3, 0.4) is 0 Å². The van der Waals surface area contributed by atoms with Crippen molar-refractivity contribution in [1.82, 2.24) is 19.5 Å². The summed E-state index contributed by atoms with van der Waals surface area (Å²) in [6.45, 7) is 0.300. The molecule has 4 rings (SSSR count). The van der Waals surface area contributed by atoms with Gasteiger partial charge in [-0.15, -0.1) is 0 Å². The summed E-state index contributed by atoms with van der Waals surface area (Å²) in [5.41, 5.74) is 7.53. The quantitative estimate of drug-likeness (QED) is 0.219. The number of aromatic nitrogens is 4. The van der Waals surface area contributed by atoms with E-state index in [0.29, 0.717) is 32.6 Å². The van der Waals surface area contributed by atoms with Gasteiger partial charge >= 0.3 is 5.97 Å². The van der Waals surface area contributed by atoms with Gasteiger partial charge in [0.1, 0.15) is 6.73 Å². The van der Waals surface area contributed by atoms with Crippen molar-refractivity contribution in [3.63, 3.8) is 0 Å². The van der Waals surface area contributed by atoms with Gasteiger partial charge in [-0.1, -0.05) is 47.5 Å². The van der Waals surface area contributed by atoms with E-state index >= 15 is 0 Å². The molecule has 0 amide bonds.